The van der Waals surface area contributed by atoms with Crippen molar-refractivity contribution < 1.29 is 9.90 Å². The van der Waals surface area contributed by atoms with Crippen LogP contribution in [0.25, 0.3) is 5.76 Å². The zero-order chi connectivity index (χ0) is 15.4. The minimum absolute atomic E-state index is 0.0978. The number of aromatic nitrogens is 4. The number of allylic oxidation sites excluding steroid dienone is 1. The number of nitrogens with one attached hydrogen (secondary N) is 1. The van der Waals surface area contributed by atoms with Crippen molar-refractivity contribution in [3.8, 4) is 0 Å². The van der Waals surface area contributed by atoms with Crippen LogP contribution in [0, 0.1) is 0 Å². The van der Waals surface area contributed by atoms with Crippen molar-refractivity contribution in [2.75, 3.05) is 0 Å². The van der Waals surface area contributed by atoms with E-state index in [-0.39, 0.29) is 17.4 Å². The lowest BCUT2D eigenvalue weighted by molar-refractivity contribution is 0.104. The summed E-state index contributed by atoms with van der Waals surface area (Å²) in [5, 5.41) is 17.9. The maximum atomic E-state index is 12.3. The number of aliphatic hydroxyl groups excluding tert-OH is 1. The van der Waals surface area contributed by atoms with Crippen molar-refractivity contribution in [1.82, 2.24) is 20.2 Å². The van der Waals surface area contributed by atoms with E-state index in [0.29, 0.717) is 11.3 Å². The summed E-state index contributed by atoms with van der Waals surface area (Å²) in [6, 6.07) is 5.73. The minimum atomic E-state index is -0.263. The summed E-state index contributed by atoms with van der Waals surface area (Å²) in [4.78, 5) is 20.7. The number of hydrogen-bond donors (Lipinski definition) is 2. The van der Waals surface area contributed by atoms with Gasteiger partial charge in [0.2, 0.25) is 5.82 Å². The van der Waals surface area contributed by atoms with Crippen molar-refractivity contribution in [3.05, 3.63) is 70.2 Å². The standard InChI is InChI=1S/C15H12N4O2S/c20-12(8-13(21)15-17-9-18-19-15)14-11(3-6-22-14)7-10-1-4-16-5-2-10/h1-6,8-9,21H,7H2,(H,17,18,19). The van der Waals surface area contributed by atoms with Crippen LogP contribution in [-0.2, 0) is 6.42 Å². The smallest absolute Gasteiger partial charge is 0.215 e. The fourth-order valence-electron chi connectivity index (χ4n) is 2.00. The first-order chi connectivity index (χ1) is 10.7. The van der Waals surface area contributed by atoms with Crippen LogP contribution in [0.5, 0.6) is 0 Å². The monoisotopic (exact) mass is 312 g/mol. The highest BCUT2D eigenvalue weighted by Gasteiger charge is 2.14. The van der Waals surface area contributed by atoms with Gasteiger partial charge in [-0.05, 0) is 41.1 Å². The van der Waals surface area contributed by atoms with E-state index in [9.17, 15) is 9.90 Å². The molecule has 6 nitrogen and oxygen atoms in total. The summed E-state index contributed by atoms with van der Waals surface area (Å²) >= 11 is 1.35. The molecular formula is C15H12N4O2S. The Kier molecular flexibility index (Phi) is 4.06. The summed E-state index contributed by atoms with van der Waals surface area (Å²) in [5.74, 6) is -0.420. The molecule has 0 bridgehead atoms. The number of hydrogen-bond acceptors (Lipinski definition) is 6. The second-order valence-electron chi connectivity index (χ2n) is 4.52. The Morgan fingerprint density at radius 1 is 1.32 bits per heavy atom. The molecule has 3 heterocycles. The Morgan fingerprint density at radius 3 is 2.86 bits per heavy atom. The van der Waals surface area contributed by atoms with Gasteiger partial charge in [-0.25, -0.2) is 4.98 Å². The van der Waals surface area contributed by atoms with Crippen molar-refractivity contribution in [2.45, 2.75) is 6.42 Å². The third-order valence-electron chi connectivity index (χ3n) is 3.03. The third kappa shape index (κ3) is 3.09. The largest absolute Gasteiger partial charge is 0.504 e. The molecule has 0 aromatic carbocycles. The van der Waals surface area contributed by atoms with Crippen molar-refractivity contribution in [1.29, 1.82) is 0 Å². The highest BCUT2D eigenvalue weighted by atomic mass is 32.1. The molecule has 0 amide bonds. The second kappa shape index (κ2) is 6.31. The lowest BCUT2D eigenvalue weighted by Gasteiger charge is -2.01. The molecule has 7 heteroatoms. The number of rotatable bonds is 5. The highest BCUT2D eigenvalue weighted by molar-refractivity contribution is 7.12. The fourth-order valence-corrected chi connectivity index (χ4v) is 2.83. The normalized spacial score (nSPS) is 11.5. The van der Waals surface area contributed by atoms with Crippen LogP contribution in [0.3, 0.4) is 0 Å². The number of H-pyrrole nitrogens is 1. The molecule has 0 atom stereocenters. The number of nitrogens with zero attached hydrogens (tertiary/aromatic N) is 3. The van der Waals surface area contributed by atoms with Crippen LogP contribution >= 0.6 is 11.3 Å². The first-order valence-corrected chi connectivity index (χ1v) is 7.38. The molecule has 3 aromatic rings. The zero-order valence-corrected chi connectivity index (χ0v) is 12.2. The first-order valence-electron chi connectivity index (χ1n) is 6.50. The van der Waals surface area contributed by atoms with E-state index in [1.807, 2.05) is 23.6 Å². The number of thiophene rings is 1. The number of aromatic amines is 1. The molecule has 0 aliphatic rings. The van der Waals surface area contributed by atoms with E-state index < -0.39 is 0 Å². The average Bonchev–Trinajstić information content (AvgIpc) is 3.19. The van der Waals surface area contributed by atoms with Gasteiger partial charge in [-0.3, -0.25) is 14.9 Å². The van der Waals surface area contributed by atoms with Gasteiger partial charge in [-0.1, -0.05) is 0 Å². The van der Waals surface area contributed by atoms with Crippen LogP contribution in [0.4, 0.5) is 0 Å². The number of aliphatic hydroxyl groups is 1. The molecule has 0 spiro atoms. The fraction of sp³-hybridized carbons (Fsp3) is 0.0667. The Morgan fingerprint density at radius 2 is 2.14 bits per heavy atom. The Hall–Kier alpha value is -2.80. The van der Waals surface area contributed by atoms with Crippen molar-refractivity contribution in [3.63, 3.8) is 0 Å². The van der Waals surface area contributed by atoms with E-state index >= 15 is 0 Å². The molecule has 0 aliphatic heterocycles. The second-order valence-corrected chi connectivity index (χ2v) is 5.44. The third-order valence-corrected chi connectivity index (χ3v) is 4.00. The van der Waals surface area contributed by atoms with Gasteiger partial charge in [-0.2, -0.15) is 5.10 Å². The summed E-state index contributed by atoms with van der Waals surface area (Å²) in [6.07, 6.45) is 6.56. The molecule has 2 N–H and O–H groups in total. The molecule has 0 unspecified atom stereocenters. The van der Waals surface area contributed by atoms with Crippen LogP contribution in [0.2, 0.25) is 0 Å². The molecular weight excluding hydrogens is 300 g/mol. The van der Waals surface area contributed by atoms with Crippen LogP contribution in [-0.4, -0.2) is 31.1 Å². The summed E-state index contributed by atoms with van der Waals surface area (Å²) < 4.78 is 0. The maximum Gasteiger partial charge on any atom is 0.215 e. The molecule has 0 aliphatic carbocycles. The Balaban J connectivity index is 1.82. The number of pyridine rings is 1. The van der Waals surface area contributed by atoms with Gasteiger partial charge in [0.1, 0.15) is 6.33 Å². The van der Waals surface area contributed by atoms with Gasteiger partial charge < -0.3 is 5.11 Å². The van der Waals surface area contributed by atoms with Gasteiger partial charge in [0, 0.05) is 18.5 Å². The quantitative estimate of drug-likeness (QED) is 0.429. The number of carbonyl (C=O) groups is 1. The van der Waals surface area contributed by atoms with Gasteiger partial charge in [0.25, 0.3) is 0 Å². The topological polar surface area (TPSA) is 91.8 Å². The van der Waals surface area contributed by atoms with Crippen LogP contribution in [0.1, 0.15) is 26.6 Å². The van der Waals surface area contributed by atoms with Gasteiger partial charge >= 0.3 is 0 Å². The van der Waals surface area contributed by atoms with E-state index in [4.69, 9.17) is 0 Å². The number of carbonyl (C=O) groups excluding carboxylic acids is 1. The summed E-state index contributed by atoms with van der Waals surface area (Å²) in [5.41, 5.74) is 1.99. The molecule has 3 rings (SSSR count). The molecule has 0 saturated carbocycles. The maximum absolute atomic E-state index is 12.3. The SMILES string of the molecule is O=C(C=C(O)c1nc[nH]n1)c1sccc1Cc1ccncc1. The lowest BCUT2D eigenvalue weighted by atomic mass is 10.1. The molecule has 110 valence electrons. The predicted octanol–water partition coefficient (Wildman–Crippen LogP) is 2.63. The summed E-state index contributed by atoms with van der Waals surface area (Å²) in [6.45, 7) is 0. The lowest BCUT2D eigenvalue weighted by Crippen LogP contribution is -1.99. The summed E-state index contributed by atoms with van der Waals surface area (Å²) in [7, 11) is 0. The van der Waals surface area contributed by atoms with Crippen molar-refractivity contribution in [2.24, 2.45) is 0 Å². The average molecular weight is 312 g/mol. The zero-order valence-electron chi connectivity index (χ0n) is 11.4. The van der Waals surface area contributed by atoms with Gasteiger partial charge in [-0.15, -0.1) is 11.3 Å². The first kappa shape index (κ1) is 14.2. The van der Waals surface area contributed by atoms with Gasteiger partial charge in [0.15, 0.2) is 11.5 Å². The molecule has 22 heavy (non-hydrogen) atoms. The highest BCUT2D eigenvalue weighted by Crippen LogP contribution is 2.22. The minimum Gasteiger partial charge on any atom is -0.504 e. The van der Waals surface area contributed by atoms with E-state index in [1.54, 1.807) is 12.4 Å². The van der Waals surface area contributed by atoms with E-state index in [1.165, 1.54) is 17.7 Å². The number of ketones is 1. The molecule has 3 aromatic heterocycles. The van der Waals surface area contributed by atoms with Gasteiger partial charge in [0.05, 0.1) is 4.88 Å². The van der Waals surface area contributed by atoms with Crippen molar-refractivity contribution >= 4 is 22.9 Å². The molecule has 0 saturated heterocycles. The Labute approximate surface area is 130 Å². The van der Waals surface area contributed by atoms with Crippen LogP contribution in [0.15, 0.2) is 48.4 Å². The molecule has 0 radical (unpaired) electrons. The van der Waals surface area contributed by atoms with E-state index in [2.05, 4.69) is 20.2 Å². The molecule has 0 fully saturated rings. The predicted molar refractivity (Wildman–Crippen MR) is 82.7 cm³/mol. The Bertz CT molecular complexity index is 794. The van der Waals surface area contributed by atoms with Crippen LogP contribution < -0.4 is 0 Å². The van der Waals surface area contributed by atoms with E-state index in [0.717, 1.165) is 17.2 Å².